The SMILES string of the molecule is CC(CO)S(=O)(=O)N(C)CCc1ccccn1. The Bertz CT molecular complexity index is 433. The minimum absolute atomic E-state index is 0.365. The number of aliphatic hydroxyl groups is 1. The molecule has 1 aromatic rings. The fourth-order valence-corrected chi connectivity index (χ4v) is 2.50. The van der Waals surface area contributed by atoms with E-state index in [4.69, 9.17) is 5.11 Å². The van der Waals surface area contributed by atoms with Crippen LogP contribution in [-0.2, 0) is 16.4 Å². The Labute approximate surface area is 102 Å². The van der Waals surface area contributed by atoms with Crippen LogP contribution in [0.4, 0.5) is 0 Å². The number of rotatable bonds is 6. The lowest BCUT2D eigenvalue weighted by molar-refractivity contribution is 0.291. The molecule has 5 nitrogen and oxygen atoms in total. The first-order valence-electron chi connectivity index (χ1n) is 5.44. The summed E-state index contributed by atoms with van der Waals surface area (Å²) in [5, 5.41) is 8.12. The number of hydrogen-bond donors (Lipinski definition) is 1. The maximum Gasteiger partial charge on any atom is 0.218 e. The maximum atomic E-state index is 11.8. The topological polar surface area (TPSA) is 70.5 Å². The first-order chi connectivity index (χ1) is 7.98. The summed E-state index contributed by atoms with van der Waals surface area (Å²) in [6.07, 6.45) is 2.24. The van der Waals surface area contributed by atoms with Crippen LogP contribution in [0.1, 0.15) is 12.6 Å². The second-order valence-electron chi connectivity index (χ2n) is 3.93. The molecule has 0 saturated carbocycles. The Morgan fingerprint density at radius 1 is 1.47 bits per heavy atom. The van der Waals surface area contributed by atoms with E-state index in [0.29, 0.717) is 13.0 Å². The molecule has 0 amide bonds. The van der Waals surface area contributed by atoms with E-state index in [2.05, 4.69) is 4.98 Å². The number of pyridine rings is 1. The molecule has 0 aliphatic heterocycles. The molecule has 0 aliphatic rings. The molecule has 17 heavy (non-hydrogen) atoms. The standard InChI is InChI=1S/C11H18N2O3S/c1-10(9-14)17(15,16)13(2)8-6-11-5-3-4-7-12-11/h3-5,7,10,14H,6,8-9H2,1-2H3. The van der Waals surface area contributed by atoms with E-state index in [9.17, 15) is 8.42 Å². The zero-order valence-electron chi connectivity index (χ0n) is 10.1. The minimum Gasteiger partial charge on any atom is -0.395 e. The van der Waals surface area contributed by atoms with Crippen molar-refractivity contribution in [3.8, 4) is 0 Å². The average Bonchev–Trinajstić information content (AvgIpc) is 2.35. The molecule has 0 fully saturated rings. The molecule has 0 bridgehead atoms. The van der Waals surface area contributed by atoms with Gasteiger partial charge in [0.2, 0.25) is 10.0 Å². The highest BCUT2D eigenvalue weighted by Gasteiger charge is 2.24. The molecule has 1 heterocycles. The predicted octanol–water partition coefficient (Wildman–Crippen LogP) is 0.266. The summed E-state index contributed by atoms with van der Waals surface area (Å²) in [4.78, 5) is 4.13. The summed E-state index contributed by atoms with van der Waals surface area (Å²) < 4.78 is 24.9. The van der Waals surface area contributed by atoms with Crippen LogP contribution in [0.25, 0.3) is 0 Å². The van der Waals surface area contributed by atoms with Crippen LogP contribution in [-0.4, -0.2) is 48.3 Å². The largest absolute Gasteiger partial charge is 0.395 e. The Kier molecular flexibility index (Phi) is 5.04. The van der Waals surface area contributed by atoms with Gasteiger partial charge >= 0.3 is 0 Å². The van der Waals surface area contributed by atoms with Crippen molar-refractivity contribution in [2.24, 2.45) is 0 Å². The highest BCUT2D eigenvalue weighted by molar-refractivity contribution is 7.89. The molecule has 96 valence electrons. The molecule has 0 aromatic carbocycles. The van der Waals surface area contributed by atoms with E-state index >= 15 is 0 Å². The van der Waals surface area contributed by atoms with Crippen LogP contribution in [0.5, 0.6) is 0 Å². The van der Waals surface area contributed by atoms with Gasteiger partial charge < -0.3 is 5.11 Å². The van der Waals surface area contributed by atoms with Gasteiger partial charge in [-0.3, -0.25) is 4.98 Å². The Morgan fingerprint density at radius 2 is 2.18 bits per heavy atom. The molecule has 1 unspecified atom stereocenters. The molecule has 1 N–H and O–H groups in total. The Balaban J connectivity index is 2.59. The molecule has 1 atom stereocenters. The quantitative estimate of drug-likeness (QED) is 0.795. The fraction of sp³-hybridized carbons (Fsp3) is 0.545. The van der Waals surface area contributed by atoms with Crippen LogP contribution in [0, 0.1) is 0 Å². The van der Waals surface area contributed by atoms with Crippen molar-refractivity contribution in [2.45, 2.75) is 18.6 Å². The number of likely N-dealkylation sites (N-methyl/N-ethyl adjacent to an activating group) is 1. The summed E-state index contributed by atoms with van der Waals surface area (Å²) in [6.45, 7) is 1.49. The number of aliphatic hydroxyl groups excluding tert-OH is 1. The van der Waals surface area contributed by atoms with Crippen LogP contribution in [0.15, 0.2) is 24.4 Å². The lowest BCUT2D eigenvalue weighted by Crippen LogP contribution is -2.37. The highest BCUT2D eigenvalue weighted by atomic mass is 32.2. The summed E-state index contributed by atoms with van der Waals surface area (Å²) in [7, 11) is -1.89. The van der Waals surface area contributed by atoms with Crippen molar-refractivity contribution in [1.29, 1.82) is 0 Å². The van der Waals surface area contributed by atoms with E-state index in [0.717, 1.165) is 5.69 Å². The first kappa shape index (κ1) is 14.1. The molecule has 0 aliphatic carbocycles. The van der Waals surface area contributed by atoms with Gasteiger partial charge in [0.1, 0.15) is 0 Å². The normalized spacial score (nSPS) is 13.9. The second kappa shape index (κ2) is 6.09. The summed E-state index contributed by atoms with van der Waals surface area (Å²) >= 11 is 0. The van der Waals surface area contributed by atoms with Gasteiger partial charge in [-0.1, -0.05) is 6.07 Å². The van der Waals surface area contributed by atoms with Crippen molar-refractivity contribution in [1.82, 2.24) is 9.29 Å². The molecule has 0 saturated heterocycles. The minimum atomic E-state index is -3.40. The van der Waals surface area contributed by atoms with Crippen LogP contribution >= 0.6 is 0 Å². The van der Waals surface area contributed by atoms with Gasteiger partial charge in [0.15, 0.2) is 0 Å². The van der Waals surface area contributed by atoms with Crippen LogP contribution in [0.3, 0.4) is 0 Å². The third-order valence-electron chi connectivity index (χ3n) is 2.61. The van der Waals surface area contributed by atoms with Gasteiger partial charge in [0, 0.05) is 31.9 Å². The number of nitrogens with zero attached hydrogens (tertiary/aromatic N) is 2. The zero-order valence-corrected chi connectivity index (χ0v) is 10.9. The lowest BCUT2D eigenvalue weighted by Gasteiger charge is -2.20. The monoisotopic (exact) mass is 258 g/mol. The van der Waals surface area contributed by atoms with Crippen LogP contribution in [0.2, 0.25) is 0 Å². The smallest absolute Gasteiger partial charge is 0.218 e. The third kappa shape index (κ3) is 3.76. The van der Waals surface area contributed by atoms with E-state index < -0.39 is 15.3 Å². The fourth-order valence-electron chi connectivity index (χ4n) is 1.35. The van der Waals surface area contributed by atoms with Gasteiger partial charge in [-0.15, -0.1) is 0 Å². The molecule has 1 aromatic heterocycles. The molecule has 0 spiro atoms. The Hall–Kier alpha value is -0.980. The molecular weight excluding hydrogens is 240 g/mol. The first-order valence-corrected chi connectivity index (χ1v) is 6.94. The highest BCUT2D eigenvalue weighted by Crippen LogP contribution is 2.07. The van der Waals surface area contributed by atoms with Crippen molar-refractivity contribution < 1.29 is 13.5 Å². The van der Waals surface area contributed by atoms with Gasteiger partial charge in [0.25, 0.3) is 0 Å². The Morgan fingerprint density at radius 3 is 2.71 bits per heavy atom. The van der Waals surface area contributed by atoms with Gasteiger partial charge in [-0.2, -0.15) is 0 Å². The van der Waals surface area contributed by atoms with Crippen molar-refractivity contribution in [3.63, 3.8) is 0 Å². The molecule has 0 radical (unpaired) electrons. The van der Waals surface area contributed by atoms with Crippen molar-refractivity contribution in [3.05, 3.63) is 30.1 Å². The summed E-state index contributed by atoms with van der Waals surface area (Å²) in [5.74, 6) is 0. The van der Waals surface area contributed by atoms with E-state index in [-0.39, 0.29) is 6.61 Å². The summed E-state index contributed by atoms with van der Waals surface area (Å²) in [5.41, 5.74) is 0.853. The van der Waals surface area contributed by atoms with Crippen molar-refractivity contribution >= 4 is 10.0 Å². The van der Waals surface area contributed by atoms with Crippen LogP contribution < -0.4 is 0 Å². The molecular formula is C11H18N2O3S. The van der Waals surface area contributed by atoms with Crippen molar-refractivity contribution in [2.75, 3.05) is 20.2 Å². The van der Waals surface area contributed by atoms with Gasteiger partial charge in [-0.05, 0) is 19.1 Å². The number of sulfonamides is 1. The molecule has 1 rings (SSSR count). The van der Waals surface area contributed by atoms with Gasteiger partial charge in [-0.25, -0.2) is 12.7 Å². The lowest BCUT2D eigenvalue weighted by atomic mass is 10.3. The van der Waals surface area contributed by atoms with Gasteiger partial charge in [0.05, 0.1) is 11.9 Å². The number of aromatic nitrogens is 1. The average molecular weight is 258 g/mol. The third-order valence-corrected chi connectivity index (χ3v) is 4.83. The predicted molar refractivity (Wildman–Crippen MR) is 66.0 cm³/mol. The molecule has 6 heteroatoms. The van der Waals surface area contributed by atoms with E-state index in [1.54, 1.807) is 6.20 Å². The van der Waals surface area contributed by atoms with E-state index in [1.165, 1.54) is 18.3 Å². The maximum absolute atomic E-state index is 11.8. The second-order valence-corrected chi connectivity index (χ2v) is 6.39. The summed E-state index contributed by atoms with van der Waals surface area (Å²) in [6, 6.07) is 5.54. The zero-order chi connectivity index (χ0) is 12.9. The van der Waals surface area contributed by atoms with E-state index in [1.807, 2.05) is 18.2 Å². The number of hydrogen-bond acceptors (Lipinski definition) is 4.